The quantitative estimate of drug-likeness (QED) is 0.876. The van der Waals surface area contributed by atoms with E-state index < -0.39 is 0 Å². The second kappa shape index (κ2) is 6.76. The zero-order valence-electron chi connectivity index (χ0n) is 11.6. The molecule has 5 nitrogen and oxygen atoms in total. The van der Waals surface area contributed by atoms with E-state index in [1.54, 1.807) is 13.3 Å². The molecular formula is C14H18BrN3O2. The smallest absolute Gasteiger partial charge is 0.175 e. The summed E-state index contributed by atoms with van der Waals surface area (Å²) in [7, 11) is 3.54. The number of ether oxygens (including phenoxy) is 2. The molecular weight excluding hydrogens is 322 g/mol. The molecule has 2 rings (SSSR count). The Hall–Kier alpha value is -1.53. The monoisotopic (exact) mass is 339 g/mol. The number of aromatic nitrogens is 2. The van der Waals surface area contributed by atoms with Crippen molar-refractivity contribution in [1.82, 2.24) is 9.78 Å². The number of methoxy groups -OCH3 is 1. The Morgan fingerprint density at radius 1 is 1.40 bits per heavy atom. The Bertz CT molecular complexity index is 584. The minimum atomic E-state index is 0.463. The third-order valence-corrected chi connectivity index (χ3v) is 3.64. The maximum Gasteiger partial charge on any atom is 0.175 e. The van der Waals surface area contributed by atoms with Crippen molar-refractivity contribution >= 4 is 15.9 Å². The van der Waals surface area contributed by atoms with Gasteiger partial charge in [0.2, 0.25) is 0 Å². The van der Waals surface area contributed by atoms with Gasteiger partial charge in [0, 0.05) is 31.9 Å². The lowest BCUT2D eigenvalue weighted by atomic mass is 10.2. The summed E-state index contributed by atoms with van der Waals surface area (Å²) in [4.78, 5) is 0. The zero-order valence-corrected chi connectivity index (χ0v) is 13.2. The second-order valence-electron chi connectivity index (χ2n) is 4.36. The van der Waals surface area contributed by atoms with Gasteiger partial charge in [-0.25, -0.2) is 0 Å². The minimum absolute atomic E-state index is 0.463. The largest absolute Gasteiger partial charge is 0.493 e. The maximum atomic E-state index is 5.83. The summed E-state index contributed by atoms with van der Waals surface area (Å²) in [5, 5.41) is 4.13. The molecule has 0 aliphatic carbocycles. The summed E-state index contributed by atoms with van der Waals surface area (Å²) in [5.74, 6) is 1.39. The number of aryl methyl sites for hydroxylation is 1. The highest BCUT2D eigenvalue weighted by Gasteiger charge is 2.11. The van der Waals surface area contributed by atoms with Crippen LogP contribution < -0.4 is 15.2 Å². The number of nitrogens with two attached hydrogens (primary N) is 1. The molecule has 2 N–H and O–H groups in total. The summed E-state index contributed by atoms with van der Waals surface area (Å²) in [6.45, 7) is 1.01. The summed E-state index contributed by atoms with van der Waals surface area (Å²) >= 11 is 3.49. The van der Waals surface area contributed by atoms with Crippen molar-refractivity contribution in [2.45, 2.75) is 13.0 Å². The summed E-state index contributed by atoms with van der Waals surface area (Å²) in [6.07, 6.45) is 2.56. The highest BCUT2D eigenvalue weighted by Crippen LogP contribution is 2.36. The lowest BCUT2D eigenvalue weighted by molar-refractivity contribution is 0.293. The second-order valence-corrected chi connectivity index (χ2v) is 5.21. The highest BCUT2D eigenvalue weighted by atomic mass is 79.9. The standard InChI is InChI=1S/C14H18BrN3O2/c1-18-11(3-5-17-18)4-6-20-14-12(15)7-10(9-16)8-13(14)19-2/h3,5,7-8H,4,6,9,16H2,1-2H3. The Labute approximate surface area is 126 Å². The average molecular weight is 340 g/mol. The Kier molecular flexibility index (Phi) is 5.03. The first-order chi connectivity index (χ1) is 9.65. The summed E-state index contributed by atoms with van der Waals surface area (Å²) < 4.78 is 13.9. The van der Waals surface area contributed by atoms with Gasteiger partial charge in [-0.15, -0.1) is 0 Å². The normalized spacial score (nSPS) is 10.6. The molecule has 0 aliphatic heterocycles. The van der Waals surface area contributed by atoms with E-state index >= 15 is 0 Å². The highest BCUT2D eigenvalue weighted by molar-refractivity contribution is 9.10. The molecule has 0 atom stereocenters. The molecule has 108 valence electrons. The number of hydrogen-bond acceptors (Lipinski definition) is 4. The van der Waals surface area contributed by atoms with Gasteiger partial charge in [-0.3, -0.25) is 4.68 Å². The predicted molar refractivity (Wildman–Crippen MR) is 81.0 cm³/mol. The van der Waals surface area contributed by atoms with Gasteiger partial charge in [-0.2, -0.15) is 5.10 Å². The van der Waals surface area contributed by atoms with Crippen LogP contribution >= 0.6 is 15.9 Å². The Morgan fingerprint density at radius 2 is 2.20 bits per heavy atom. The van der Waals surface area contributed by atoms with Crippen LogP contribution in [0.5, 0.6) is 11.5 Å². The molecule has 20 heavy (non-hydrogen) atoms. The molecule has 1 aromatic heterocycles. The van der Waals surface area contributed by atoms with E-state index in [2.05, 4.69) is 21.0 Å². The summed E-state index contributed by atoms with van der Waals surface area (Å²) in [6, 6.07) is 5.82. The average Bonchev–Trinajstić information content (AvgIpc) is 2.85. The van der Waals surface area contributed by atoms with E-state index in [0.29, 0.717) is 24.7 Å². The van der Waals surface area contributed by atoms with Gasteiger partial charge in [-0.1, -0.05) is 0 Å². The molecule has 0 bridgehead atoms. The molecule has 0 radical (unpaired) electrons. The van der Waals surface area contributed by atoms with Crippen LogP contribution in [0, 0.1) is 0 Å². The topological polar surface area (TPSA) is 62.3 Å². The predicted octanol–water partition coefficient (Wildman–Crippen LogP) is 2.27. The fourth-order valence-corrected chi connectivity index (χ4v) is 2.54. The van der Waals surface area contributed by atoms with Gasteiger partial charge in [0.25, 0.3) is 0 Å². The Balaban J connectivity index is 2.07. The molecule has 1 heterocycles. The molecule has 0 saturated heterocycles. The van der Waals surface area contributed by atoms with E-state index in [1.165, 1.54) is 0 Å². The van der Waals surface area contributed by atoms with Gasteiger partial charge in [0.05, 0.1) is 18.2 Å². The van der Waals surface area contributed by atoms with Crippen LogP contribution in [0.3, 0.4) is 0 Å². The van der Waals surface area contributed by atoms with E-state index in [0.717, 1.165) is 22.2 Å². The fraction of sp³-hybridized carbons (Fsp3) is 0.357. The molecule has 2 aromatic rings. The summed E-state index contributed by atoms with van der Waals surface area (Å²) in [5.41, 5.74) is 7.76. The number of halogens is 1. The first-order valence-electron chi connectivity index (χ1n) is 6.32. The molecule has 6 heteroatoms. The van der Waals surface area contributed by atoms with Crippen molar-refractivity contribution < 1.29 is 9.47 Å². The molecule has 1 aromatic carbocycles. The molecule has 0 aliphatic rings. The van der Waals surface area contributed by atoms with Crippen molar-refractivity contribution in [3.8, 4) is 11.5 Å². The van der Waals surface area contributed by atoms with Crippen molar-refractivity contribution in [1.29, 1.82) is 0 Å². The van der Waals surface area contributed by atoms with Crippen LogP contribution in [0.25, 0.3) is 0 Å². The van der Waals surface area contributed by atoms with Crippen molar-refractivity contribution in [2.24, 2.45) is 12.8 Å². The van der Waals surface area contributed by atoms with Crippen LogP contribution in [0.4, 0.5) is 0 Å². The molecule has 0 saturated carbocycles. The number of benzene rings is 1. The first kappa shape index (κ1) is 14.9. The van der Waals surface area contributed by atoms with Crippen LogP contribution in [-0.2, 0) is 20.0 Å². The van der Waals surface area contributed by atoms with E-state index in [9.17, 15) is 0 Å². The molecule has 0 amide bonds. The zero-order chi connectivity index (χ0) is 14.5. The lowest BCUT2D eigenvalue weighted by Crippen LogP contribution is -2.07. The SMILES string of the molecule is COc1cc(CN)cc(Br)c1OCCc1ccnn1C. The van der Waals surface area contributed by atoms with Crippen LogP contribution in [0.15, 0.2) is 28.9 Å². The van der Waals surface area contributed by atoms with E-state index in [1.807, 2.05) is 29.9 Å². The minimum Gasteiger partial charge on any atom is -0.493 e. The third-order valence-electron chi connectivity index (χ3n) is 3.05. The van der Waals surface area contributed by atoms with Gasteiger partial charge < -0.3 is 15.2 Å². The van der Waals surface area contributed by atoms with Gasteiger partial charge >= 0.3 is 0 Å². The maximum absolute atomic E-state index is 5.83. The number of nitrogens with zero attached hydrogens (tertiary/aromatic N) is 2. The van der Waals surface area contributed by atoms with Crippen molar-refractivity contribution in [3.63, 3.8) is 0 Å². The van der Waals surface area contributed by atoms with Crippen LogP contribution in [0.2, 0.25) is 0 Å². The van der Waals surface area contributed by atoms with Gasteiger partial charge in [0.15, 0.2) is 11.5 Å². The number of rotatable bonds is 6. The fourth-order valence-electron chi connectivity index (χ4n) is 1.94. The van der Waals surface area contributed by atoms with Gasteiger partial charge in [-0.05, 0) is 39.7 Å². The number of hydrogen-bond donors (Lipinski definition) is 1. The Morgan fingerprint density at radius 3 is 2.80 bits per heavy atom. The lowest BCUT2D eigenvalue weighted by Gasteiger charge is -2.14. The van der Waals surface area contributed by atoms with Crippen LogP contribution in [0.1, 0.15) is 11.3 Å². The third kappa shape index (κ3) is 3.32. The molecule has 0 spiro atoms. The molecule has 0 unspecified atom stereocenters. The van der Waals surface area contributed by atoms with E-state index in [4.69, 9.17) is 15.2 Å². The first-order valence-corrected chi connectivity index (χ1v) is 7.11. The molecule has 0 fully saturated rings. The van der Waals surface area contributed by atoms with Crippen LogP contribution in [-0.4, -0.2) is 23.5 Å². The van der Waals surface area contributed by atoms with Crippen molar-refractivity contribution in [2.75, 3.05) is 13.7 Å². The van der Waals surface area contributed by atoms with Crippen molar-refractivity contribution in [3.05, 3.63) is 40.1 Å². The van der Waals surface area contributed by atoms with E-state index in [-0.39, 0.29) is 0 Å². The van der Waals surface area contributed by atoms with Gasteiger partial charge in [0.1, 0.15) is 0 Å².